The Morgan fingerprint density at radius 1 is 1.48 bits per heavy atom. The quantitative estimate of drug-likeness (QED) is 0.878. The van der Waals surface area contributed by atoms with Crippen molar-refractivity contribution < 1.29 is 9.53 Å². The van der Waals surface area contributed by atoms with Gasteiger partial charge >= 0.3 is 0 Å². The maximum absolute atomic E-state index is 12.4. The van der Waals surface area contributed by atoms with E-state index in [1.807, 2.05) is 31.2 Å². The minimum absolute atomic E-state index is 0. The lowest BCUT2D eigenvalue weighted by Crippen LogP contribution is -2.36. The smallest absolute Gasteiger partial charge is 0.223 e. The van der Waals surface area contributed by atoms with E-state index in [0.717, 1.165) is 30.6 Å². The van der Waals surface area contributed by atoms with Crippen LogP contribution >= 0.6 is 12.4 Å². The average molecular weight is 313 g/mol. The van der Waals surface area contributed by atoms with Crippen LogP contribution in [0.25, 0.3) is 0 Å². The molecule has 3 N–H and O–H groups in total. The lowest BCUT2D eigenvalue weighted by Gasteiger charge is -2.21. The van der Waals surface area contributed by atoms with Crippen molar-refractivity contribution in [3.63, 3.8) is 0 Å². The maximum Gasteiger partial charge on any atom is 0.223 e. The van der Waals surface area contributed by atoms with Crippen molar-refractivity contribution in [2.75, 3.05) is 13.7 Å². The van der Waals surface area contributed by atoms with Gasteiger partial charge in [0.05, 0.1) is 13.2 Å². The maximum atomic E-state index is 12.4. The zero-order valence-corrected chi connectivity index (χ0v) is 13.5. The molecule has 1 aromatic rings. The Morgan fingerprint density at radius 3 is 2.90 bits per heavy atom. The Hall–Kier alpha value is -1.26. The highest BCUT2D eigenvalue weighted by atomic mass is 35.5. The van der Waals surface area contributed by atoms with E-state index in [-0.39, 0.29) is 30.3 Å². The predicted octanol–water partition coefficient (Wildman–Crippen LogP) is 2.67. The van der Waals surface area contributed by atoms with E-state index in [2.05, 4.69) is 5.32 Å². The first-order chi connectivity index (χ1) is 9.65. The molecule has 3 atom stereocenters. The second kappa shape index (κ2) is 8.25. The van der Waals surface area contributed by atoms with Gasteiger partial charge in [-0.2, -0.15) is 0 Å². The molecule has 1 unspecified atom stereocenters. The van der Waals surface area contributed by atoms with Crippen molar-refractivity contribution in [2.24, 2.45) is 17.6 Å². The molecule has 5 heteroatoms. The minimum atomic E-state index is -0.0170. The van der Waals surface area contributed by atoms with Crippen LogP contribution in [-0.2, 0) is 4.79 Å². The monoisotopic (exact) mass is 312 g/mol. The Kier molecular flexibility index (Phi) is 6.99. The summed E-state index contributed by atoms with van der Waals surface area (Å²) < 4.78 is 5.22. The first kappa shape index (κ1) is 17.8. The van der Waals surface area contributed by atoms with Gasteiger partial charge in [-0.05, 0) is 49.9 Å². The molecule has 21 heavy (non-hydrogen) atoms. The minimum Gasteiger partial charge on any atom is -0.497 e. The van der Waals surface area contributed by atoms with E-state index in [9.17, 15) is 4.79 Å². The lowest BCUT2D eigenvalue weighted by molar-refractivity contribution is -0.126. The fourth-order valence-electron chi connectivity index (χ4n) is 2.98. The van der Waals surface area contributed by atoms with Crippen LogP contribution in [0.5, 0.6) is 5.75 Å². The molecule has 0 saturated heterocycles. The van der Waals surface area contributed by atoms with Crippen LogP contribution in [-0.4, -0.2) is 19.6 Å². The number of methoxy groups -OCH3 is 1. The van der Waals surface area contributed by atoms with Crippen LogP contribution in [0.4, 0.5) is 0 Å². The number of hydrogen-bond donors (Lipinski definition) is 2. The third kappa shape index (κ3) is 4.35. The van der Waals surface area contributed by atoms with Crippen molar-refractivity contribution in [3.8, 4) is 5.75 Å². The summed E-state index contributed by atoms with van der Waals surface area (Å²) in [7, 11) is 1.65. The summed E-state index contributed by atoms with van der Waals surface area (Å²) in [5.41, 5.74) is 6.80. The van der Waals surface area contributed by atoms with Gasteiger partial charge in [0.15, 0.2) is 0 Å². The highest BCUT2D eigenvalue weighted by Crippen LogP contribution is 2.31. The van der Waals surface area contributed by atoms with E-state index in [1.165, 1.54) is 0 Å². The first-order valence-corrected chi connectivity index (χ1v) is 7.30. The average Bonchev–Trinajstić information content (AvgIpc) is 2.95. The molecular weight excluding hydrogens is 288 g/mol. The molecule has 1 aliphatic rings. The number of ether oxygens (including phenoxy) is 1. The van der Waals surface area contributed by atoms with Crippen molar-refractivity contribution >= 4 is 18.3 Å². The SMILES string of the molecule is COc1cccc(C(C)NC(=O)[C@@H]2CCC[C@@H]2CN)c1.Cl. The summed E-state index contributed by atoms with van der Waals surface area (Å²) in [6, 6.07) is 7.79. The molecule has 0 bridgehead atoms. The Morgan fingerprint density at radius 2 is 2.24 bits per heavy atom. The normalized spacial score (nSPS) is 22.2. The predicted molar refractivity (Wildman–Crippen MR) is 86.7 cm³/mol. The molecule has 0 radical (unpaired) electrons. The van der Waals surface area contributed by atoms with Crippen molar-refractivity contribution in [2.45, 2.75) is 32.2 Å². The van der Waals surface area contributed by atoms with Gasteiger partial charge in [-0.15, -0.1) is 12.4 Å². The summed E-state index contributed by atoms with van der Waals surface area (Å²) in [5.74, 6) is 1.36. The largest absolute Gasteiger partial charge is 0.497 e. The van der Waals surface area contributed by atoms with E-state index in [0.29, 0.717) is 12.5 Å². The lowest BCUT2D eigenvalue weighted by atomic mass is 9.94. The molecule has 1 aromatic carbocycles. The zero-order valence-electron chi connectivity index (χ0n) is 12.7. The summed E-state index contributed by atoms with van der Waals surface area (Å²) in [4.78, 5) is 12.4. The van der Waals surface area contributed by atoms with Gasteiger partial charge < -0.3 is 15.8 Å². The van der Waals surface area contributed by atoms with Crippen LogP contribution in [0.2, 0.25) is 0 Å². The molecule has 118 valence electrons. The highest BCUT2D eigenvalue weighted by molar-refractivity contribution is 5.85. The molecule has 1 saturated carbocycles. The molecule has 2 rings (SSSR count). The molecule has 1 aliphatic carbocycles. The van der Waals surface area contributed by atoms with Gasteiger partial charge in [0.25, 0.3) is 0 Å². The number of hydrogen-bond acceptors (Lipinski definition) is 3. The van der Waals surface area contributed by atoms with Gasteiger partial charge in [-0.25, -0.2) is 0 Å². The van der Waals surface area contributed by atoms with Gasteiger partial charge in [0.2, 0.25) is 5.91 Å². The fraction of sp³-hybridized carbons (Fsp3) is 0.562. The van der Waals surface area contributed by atoms with Crippen LogP contribution < -0.4 is 15.8 Å². The summed E-state index contributed by atoms with van der Waals surface area (Å²) in [6.07, 6.45) is 3.13. The Labute approximate surface area is 132 Å². The van der Waals surface area contributed by atoms with Gasteiger partial charge in [-0.1, -0.05) is 18.6 Å². The number of carbonyl (C=O) groups is 1. The number of nitrogens with two attached hydrogens (primary N) is 1. The molecule has 1 fully saturated rings. The highest BCUT2D eigenvalue weighted by Gasteiger charge is 2.32. The van der Waals surface area contributed by atoms with Crippen LogP contribution in [0.1, 0.15) is 37.8 Å². The summed E-state index contributed by atoms with van der Waals surface area (Å²) >= 11 is 0. The van der Waals surface area contributed by atoms with Gasteiger partial charge in [0.1, 0.15) is 5.75 Å². The molecular formula is C16H25ClN2O2. The molecule has 1 amide bonds. The molecule has 0 heterocycles. The number of halogens is 1. The van der Waals surface area contributed by atoms with Crippen LogP contribution in [0.15, 0.2) is 24.3 Å². The van der Waals surface area contributed by atoms with Crippen molar-refractivity contribution in [1.82, 2.24) is 5.32 Å². The Balaban J connectivity index is 0.00000220. The van der Waals surface area contributed by atoms with E-state index < -0.39 is 0 Å². The molecule has 0 aromatic heterocycles. The Bertz CT molecular complexity index is 467. The van der Waals surface area contributed by atoms with Gasteiger partial charge in [-0.3, -0.25) is 4.79 Å². The topological polar surface area (TPSA) is 64.3 Å². The third-order valence-electron chi connectivity index (χ3n) is 4.25. The summed E-state index contributed by atoms with van der Waals surface area (Å²) in [5, 5.41) is 3.10. The van der Waals surface area contributed by atoms with E-state index in [1.54, 1.807) is 7.11 Å². The summed E-state index contributed by atoms with van der Waals surface area (Å²) in [6.45, 7) is 2.60. The first-order valence-electron chi connectivity index (χ1n) is 7.30. The molecule has 0 aliphatic heterocycles. The second-order valence-electron chi connectivity index (χ2n) is 5.54. The number of carbonyl (C=O) groups excluding carboxylic acids is 1. The van der Waals surface area contributed by atoms with E-state index >= 15 is 0 Å². The van der Waals surface area contributed by atoms with Crippen LogP contribution in [0.3, 0.4) is 0 Å². The fourth-order valence-corrected chi connectivity index (χ4v) is 2.98. The standard InChI is InChI=1S/C16H24N2O2.ClH/c1-11(12-5-3-7-14(9-12)20-2)18-16(19)15-8-4-6-13(15)10-17;/h3,5,7,9,11,13,15H,4,6,8,10,17H2,1-2H3,(H,18,19);1H/t11?,13-,15-;/m1./s1. The van der Waals surface area contributed by atoms with Crippen LogP contribution in [0, 0.1) is 11.8 Å². The molecule has 4 nitrogen and oxygen atoms in total. The van der Waals surface area contributed by atoms with Crippen molar-refractivity contribution in [3.05, 3.63) is 29.8 Å². The van der Waals surface area contributed by atoms with Gasteiger partial charge in [0, 0.05) is 5.92 Å². The number of rotatable bonds is 5. The second-order valence-corrected chi connectivity index (χ2v) is 5.54. The number of nitrogens with one attached hydrogen (secondary N) is 1. The molecule has 0 spiro atoms. The van der Waals surface area contributed by atoms with Crippen molar-refractivity contribution in [1.29, 1.82) is 0 Å². The zero-order chi connectivity index (χ0) is 14.5. The van der Waals surface area contributed by atoms with E-state index in [4.69, 9.17) is 10.5 Å². The third-order valence-corrected chi connectivity index (χ3v) is 4.25. The number of amides is 1. The number of benzene rings is 1.